The molecular formula is C15H24N2O2. The molecule has 1 saturated heterocycles. The summed E-state index contributed by atoms with van der Waals surface area (Å²) in [5.41, 5.74) is 0.944. The van der Waals surface area contributed by atoms with Crippen molar-refractivity contribution in [3.8, 4) is 11.5 Å². The zero-order valence-corrected chi connectivity index (χ0v) is 12.0. The maximum Gasteiger partial charge on any atom is 0.160 e. The van der Waals surface area contributed by atoms with Crippen molar-refractivity contribution in [2.75, 3.05) is 32.6 Å². The number of anilines is 1. The number of aromatic hydroxyl groups is 1. The number of rotatable bonds is 4. The first kappa shape index (κ1) is 14.0. The number of phenols is 1. The van der Waals surface area contributed by atoms with Gasteiger partial charge in [0.2, 0.25) is 0 Å². The monoisotopic (exact) mass is 264 g/mol. The van der Waals surface area contributed by atoms with Crippen molar-refractivity contribution >= 4 is 5.69 Å². The van der Waals surface area contributed by atoms with Gasteiger partial charge in [-0.3, -0.25) is 0 Å². The Balaban J connectivity index is 1.98. The predicted molar refractivity (Wildman–Crippen MR) is 78.0 cm³/mol. The third kappa shape index (κ3) is 3.53. The number of hydrogen-bond donors (Lipinski definition) is 2. The number of ether oxygens (including phenoxy) is 1. The molecule has 19 heavy (non-hydrogen) atoms. The van der Waals surface area contributed by atoms with Crippen LogP contribution in [0.25, 0.3) is 0 Å². The van der Waals surface area contributed by atoms with Gasteiger partial charge in [0, 0.05) is 24.3 Å². The van der Waals surface area contributed by atoms with Gasteiger partial charge in [0.05, 0.1) is 7.11 Å². The number of benzene rings is 1. The molecule has 0 aliphatic carbocycles. The Kier molecular flexibility index (Phi) is 4.53. The van der Waals surface area contributed by atoms with E-state index in [4.69, 9.17) is 4.74 Å². The van der Waals surface area contributed by atoms with Crippen molar-refractivity contribution in [2.24, 2.45) is 5.92 Å². The van der Waals surface area contributed by atoms with Crippen molar-refractivity contribution in [3.05, 3.63) is 18.2 Å². The molecule has 2 N–H and O–H groups in total. The lowest BCUT2D eigenvalue weighted by atomic mass is 9.92. The average Bonchev–Trinajstić information content (AvgIpc) is 2.39. The van der Waals surface area contributed by atoms with Gasteiger partial charge < -0.3 is 20.1 Å². The highest BCUT2D eigenvalue weighted by Gasteiger charge is 2.22. The van der Waals surface area contributed by atoms with Crippen LogP contribution in [-0.4, -0.2) is 43.3 Å². The molecule has 106 valence electrons. The summed E-state index contributed by atoms with van der Waals surface area (Å²) in [6.45, 7) is 4.55. The quantitative estimate of drug-likeness (QED) is 0.877. The van der Waals surface area contributed by atoms with Crippen LogP contribution in [0.2, 0.25) is 0 Å². The van der Waals surface area contributed by atoms with Crippen LogP contribution < -0.4 is 10.1 Å². The van der Waals surface area contributed by atoms with Gasteiger partial charge in [-0.2, -0.15) is 0 Å². The maximum atomic E-state index is 9.78. The lowest BCUT2D eigenvalue weighted by molar-refractivity contribution is 0.197. The van der Waals surface area contributed by atoms with Gasteiger partial charge in [-0.1, -0.05) is 0 Å². The number of methoxy groups -OCH3 is 1. The van der Waals surface area contributed by atoms with E-state index >= 15 is 0 Å². The summed E-state index contributed by atoms with van der Waals surface area (Å²) in [7, 11) is 3.74. The van der Waals surface area contributed by atoms with Crippen LogP contribution in [0.3, 0.4) is 0 Å². The molecule has 1 aromatic rings. The van der Waals surface area contributed by atoms with E-state index in [1.165, 1.54) is 19.4 Å². The molecule has 0 radical (unpaired) electrons. The molecule has 0 spiro atoms. The molecular weight excluding hydrogens is 240 g/mol. The first-order valence-corrected chi connectivity index (χ1v) is 6.92. The Morgan fingerprint density at radius 3 is 2.89 bits per heavy atom. The van der Waals surface area contributed by atoms with Gasteiger partial charge in [-0.05, 0) is 51.4 Å². The van der Waals surface area contributed by atoms with E-state index in [9.17, 15) is 5.11 Å². The smallest absolute Gasteiger partial charge is 0.160 e. The van der Waals surface area contributed by atoms with Crippen LogP contribution in [0.5, 0.6) is 11.5 Å². The number of nitrogens with zero attached hydrogens (tertiary/aromatic N) is 1. The Morgan fingerprint density at radius 2 is 2.26 bits per heavy atom. The second-order valence-corrected chi connectivity index (χ2v) is 5.48. The number of likely N-dealkylation sites (tertiary alicyclic amines) is 1. The van der Waals surface area contributed by atoms with Crippen molar-refractivity contribution in [2.45, 2.75) is 25.8 Å². The van der Waals surface area contributed by atoms with E-state index in [1.807, 2.05) is 6.07 Å². The molecule has 1 fully saturated rings. The summed E-state index contributed by atoms with van der Waals surface area (Å²) >= 11 is 0. The van der Waals surface area contributed by atoms with E-state index < -0.39 is 0 Å². The van der Waals surface area contributed by atoms with Gasteiger partial charge in [0.1, 0.15) is 0 Å². The van der Waals surface area contributed by atoms with Crippen LogP contribution in [0.15, 0.2) is 18.2 Å². The zero-order valence-electron chi connectivity index (χ0n) is 12.0. The van der Waals surface area contributed by atoms with Crippen molar-refractivity contribution in [3.63, 3.8) is 0 Å². The molecule has 1 aliphatic heterocycles. The van der Waals surface area contributed by atoms with E-state index in [0.29, 0.717) is 17.7 Å². The minimum Gasteiger partial charge on any atom is -0.504 e. The molecule has 0 saturated carbocycles. The molecule has 2 unspecified atom stereocenters. The SMILES string of the molecule is COc1ccc(NC(C)C2CCCN(C)C2)cc1O. The number of phenolic OH excluding ortho intramolecular Hbond substituents is 1. The van der Waals surface area contributed by atoms with E-state index in [0.717, 1.165) is 12.2 Å². The minimum atomic E-state index is 0.181. The number of piperidine rings is 1. The molecule has 0 amide bonds. The first-order chi connectivity index (χ1) is 9.10. The molecule has 1 aromatic carbocycles. The van der Waals surface area contributed by atoms with Crippen molar-refractivity contribution < 1.29 is 9.84 Å². The fourth-order valence-electron chi connectivity index (χ4n) is 2.77. The molecule has 2 atom stereocenters. The highest BCUT2D eigenvalue weighted by atomic mass is 16.5. The highest BCUT2D eigenvalue weighted by Crippen LogP contribution is 2.30. The van der Waals surface area contributed by atoms with E-state index in [2.05, 4.69) is 24.2 Å². The van der Waals surface area contributed by atoms with Crippen molar-refractivity contribution in [1.29, 1.82) is 0 Å². The van der Waals surface area contributed by atoms with Crippen LogP contribution in [0, 0.1) is 5.92 Å². The largest absolute Gasteiger partial charge is 0.504 e. The normalized spacial score (nSPS) is 21.9. The van der Waals surface area contributed by atoms with Crippen LogP contribution in [0.1, 0.15) is 19.8 Å². The molecule has 1 aliphatic rings. The first-order valence-electron chi connectivity index (χ1n) is 6.92. The van der Waals surface area contributed by atoms with Crippen LogP contribution >= 0.6 is 0 Å². The molecule has 4 nitrogen and oxygen atoms in total. The summed E-state index contributed by atoms with van der Waals surface area (Å²) < 4.78 is 5.05. The zero-order chi connectivity index (χ0) is 13.8. The molecule has 0 aromatic heterocycles. The Labute approximate surface area is 115 Å². The molecule has 1 heterocycles. The third-order valence-corrected chi connectivity index (χ3v) is 3.94. The van der Waals surface area contributed by atoms with E-state index in [1.54, 1.807) is 19.2 Å². The van der Waals surface area contributed by atoms with Crippen LogP contribution in [-0.2, 0) is 0 Å². The van der Waals surface area contributed by atoms with Crippen molar-refractivity contribution in [1.82, 2.24) is 4.90 Å². The Hall–Kier alpha value is -1.42. The van der Waals surface area contributed by atoms with E-state index in [-0.39, 0.29) is 5.75 Å². The second-order valence-electron chi connectivity index (χ2n) is 5.48. The fourth-order valence-corrected chi connectivity index (χ4v) is 2.77. The summed E-state index contributed by atoms with van der Waals surface area (Å²) in [5.74, 6) is 1.35. The third-order valence-electron chi connectivity index (χ3n) is 3.94. The van der Waals surface area contributed by atoms with Gasteiger partial charge in [-0.25, -0.2) is 0 Å². The maximum absolute atomic E-state index is 9.78. The van der Waals surface area contributed by atoms with Gasteiger partial charge >= 0.3 is 0 Å². The second kappa shape index (κ2) is 6.15. The van der Waals surface area contributed by atoms with Gasteiger partial charge in [0.15, 0.2) is 11.5 Å². The lowest BCUT2D eigenvalue weighted by Gasteiger charge is -2.34. The Morgan fingerprint density at radius 1 is 1.47 bits per heavy atom. The van der Waals surface area contributed by atoms with Crippen LogP contribution in [0.4, 0.5) is 5.69 Å². The fraction of sp³-hybridized carbons (Fsp3) is 0.600. The molecule has 0 bridgehead atoms. The topological polar surface area (TPSA) is 44.7 Å². The molecule has 4 heteroatoms. The summed E-state index contributed by atoms with van der Waals surface area (Å²) in [6, 6.07) is 5.86. The predicted octanol–water partition coefficient (Wildman–Crippen LogP) is 2.54. The summed E-state index contributed by atoms with van der Waals surface area (Å²) in [5, 5.41) is 13.3. The highest BCUT2D eigenvalue weighted by molar-refractivity contribution is 5.54. The van der Waals surface area contributed by atoms with Gasteiger partial charge in [-0.15, -0.1) is 0 Å². The standard InChI is InChI=1S/C15H24N2O2/c1-11(12-5-4-8-17(2)10-12)16-13-6-7-15(19-3)14(18)9-13/h6-7,9,11-12,16,18H,4-5,8,10H2,1-3H3. The average molecular weight is 264 g/mol. The van der Waals surface area contributed by atoms with Gasteiger partial charge in [0.25, 0.3) is 0 Å². The number of hydrogen-bond acceptors (Lipinski definition) is 4. The lowest BCUT2D eigenvalue weighted by Crippen LogP contribution is -2.39. The minimum absolute atomic E-state index is 0.181. The molecule has 2 rings (SSSR count). The number of nitrogens with one attached hydrogen (secondary N) is 1. The summed E-state index contributed by atoms with van der Waals surface area (Å²) in [4.78, 5) is 2.39. The summed E-state index contributed by atoms with van der Waals surface area (Å²) in [6.07, 6.45) is 2.53. The Bertz CT molecular complexity index is 423.